The van der Waals surface area contributed by atoms with E-state index >= 15 is 0 Å². The molecule has 0 saturated carbocycles. The summed E-state index contributed by atoms with van der Waals surface area (Å²) in [5.41, 5.74) is 7.17. The van der Waals surface area contributed by atoms with E-state index in [1.54, 1.807) is 6.07 Å². The van der Waals surface area contributed by atoms with Gasteiger partial charge in [0, 0.05) is 19.7 Å². The maximum absolute atomic E-state index is 14.0. The SMILES string of the molecule is C[C@@H](N)c1ccc(N(C)C2CCOC2)c(F)c1. The van der Waals surface area contributed by atoms with Gasteiger partial charge in [-0.1, -0.05) is 6.07 Å². The molecule has 1 aromatic carbocycles. The zero-order valence-corrected chi connectivity index (χ0v) is 10.3. The number of rotatable bonds is 3. The van der Waals surface area contributed by atoms with Crippen molar-refractivity contribution in [3.8, 4) is 0 Å². The van der Waals surface area contributed by atoms with Gasteiger partial charge in [-0.3, -0.25) is 0 Å². The van der Waals surface area contributed by atoms with Crippen molar-refractivity contribution >= 4 is 5.69 Å². The molecule has 1 aromatic rings. The highest BCUT2D eigenvalue weighted by atomic mass is 19.1. The van der Waals surface area contributed by atoms with Gasteiger partial charge < -0.3 is 15.4 Å². The number of nitrogens with zero attached hydrogens (tertiary/aromatic N) is 1. The molecule has 1 unspecified atom stereocenters. The molecule has 1 fully saturated rings. The third-order valence-corrected chi connectivity index (χ3v) is 3.33. The lowest BCUT2D eigenvalue weighted by molar-refractivity contribution is 0.193. The summed E-state index contributed by atoms with van der Waals surface area (Å²) in [6, 6.07) is 5.33. The first-order valence-electron chi connectivity index (χ1n) is 5.95. The van der Waals surface area contributed by atoms with Crippen molar-refractivity contribution in [1.29, 1.82) is 0 Å². The lowest BCUT2D eigenvalue weighted by Gasteiger charge is -2.26. The molecule has 0 radical (unpaired) electrons. The van der Waals surface area contributed by atoms with Crippen LogP contribution in [0.25, 0.3) is 0 Å². The summed E-state index contributed by atoms with van der Waals surface area (Å²) >= 11 is 0. The normalized spacial score (nSPS) is 21.5. The Morgan fingerprint density at radius 2 is 2.29 bits per heavy atom. The average molecular weight is 238 g/mol. The predicted octanol–water partition coefficient (Wildman–Crippen LogP) is 2.07. The molecule has 1 heterocycles. The van der Waals surface area contributed by atoms with E-state index in [1.807, 2.05) is 24.9 Å². The monoisotopic (exact) mass is 238 g/mol. The van der Waals surface area contributed by atoms with Crippen LogP contribution in [0.5, 0.6) is 0 Å². The van der Waals surface area contributed by atoms with Gasteiger partial charge >= 0.3 is 0 Å². The number of nitrogens with two attached hydrogens (primary N) is 1. The van der Waals surface area contributed by atoms with Gasteiger partial charge in [0.1, 0.15) is 5.82 Å². The van der Waals surface area contributed by atoms with E-state index in [0.717, 1.165) is 18.6 Å². The number of ether oxygens (including phenoxy) is 1. The number of halogens is 1. The Morgan fingerprint density at radius 1 is 1.53 bits per heavy atom. The quantitative estimate of drug-likeness (QED) is 0.876. The molecule has 2 N–H and O–H groups in total. The van der Waals surface area contributed by atoms with Crippen LogP contribution in [0.15, 0.2) is 18.2 Å². The fourth-order valence-electron chi connectivity index (χ4n) is 2.12. The fraction of sp³-hybridized carbons (Fsp3) is 0.538. The summed E-state index contributed by atoms with van der Waals surface area (Å²) < 4.78 is 19.3. The van der Waals surface area contributed by atoms with Crippen molar-refractivity contribution in [2.45, 2.75) is 25.4 Å². The van der Waals surface area contributed by atoms with Gasteiger partial charge in [-0.2, -0.15) is 0 Å². The van der Waals surface area contributed by atoms with Crippen molar-refractivity contribution in [3.63, 3.8) is 0 Å². The second-order valence-corrected chi connectivity index (χ2v) is 4.63. The van der Waals surface area contributed by atoms with Crippen LogP contribution in [0.2, 0.25) is 0 Å². The van der Waals surface area contributed by atoms with E-state index in [1.165, 1.54) is 6.07 Å². The highest BCUT2D eigenvalue weighted by Crippen LogP contribution is 2.25. The van der Waals surface area contributed by atoms with E-state index in [0.29, 0.717) is 12.3 Å². The predicted molar refractivity (Wildman–Crippen MR) is 66.6 cm³/mol. The Labute approximate surface area is 101 Å². The largest absolute Gasteiger partial charge is 0.379 e. The smallest absolute Gasteiger partial charge is 0.146 e. The lowest BCUT2D eigenvalue weighted by atomic mass is 10.1. The second kappa shape index (κ2) is 5.02. The number of likely N-dealkylation sites (N-methyl/N-ethyl adjacent to an activating group) is 1. The lowest BCUT2D eigenvalue weighted by Crippen LogP contribution is -2.32. The molecule has 3 nitrogen and oxygen atoms in total. The van der Waals surface area contributed by atoms with Gasteiger partial charge in [0.25, 0.3) is 0 Å². The van der Waals surface area contributed by atoms with Crippen LogP contribution >= 0.6 is 0 Å². The van der Waals surface area contributed by atoms with Crippen LogP contribution in [0.3, 0.4) is 0 Å². The molecule has 2 rings (SSSR count). The van der Waals surface area contributed by atoms with Crippen molar-refractivity contribution in [2.75, 3.05) is 25.2 Å². The molecule has 1 aliphatic rings. The zero-order chi connectivity index (χ0) is 12.4. The molecule has 0 amide bonds. The Balaban J connectivity index is 2.20. The average Bonchev–Trinajstić information content (AvgIpc) is 2.81. The van der Waals surface area contributed by atoms with Gasteiger partial charge in [0.05, 0.1) is 18.3 Å². The maximum Gasteiger partial charge on any atom is 0.146 e. The summed E-state index contributed by atoms with van der Waals surface area (Å²) in [7, 11) is 1.91. The minimum Gasteiger partial charge on any atom is -0.379 e. The van der Waals surface area contributed by atoms with E-state index < -0.39 is 0 Å². The number of benzene rings is 1. The Hall–Kier alpha value is -1.13. The maximum atomic E-state index is 14.0. The Morgan fingerprint density at radius 3 is 2.82 bits per heavy atom. The van der Waals surface area contributed by atoms with Crippen molar-refractivity contribution in [3.05, 3.63) is 29.6 Å². The molecule has 0 spiro atoms. The van der Waals surface area contributed by atoms with Gasteiger partial charge in [-0.15, -0.1) is 0 Å². The molecule has 2 atom stereocenters. The van der Waals surface area contributed by atoms with E-state index in [-0.39, 0.29) is 17.9 Å². The number of anilines is 1. The summed E-state index contributed by atoms with van der Waals surface area (Å²) in [5.74, 6) is -0.214. The van der Waals surface area contributed by atoms with Crippen molar-refractivity contribution in [2.24, 2.45) is 5.73 Å². The highest BCUT2D eigenvalue weighted by molar-refractivity contribution is 5.50. The van der Waals surface area contributed by atoms with Crippen molar-refractivity contribution < 1.29 is 9.13 Å². The number of hydrogen-bond donors (Lipinski definition) is 1. The molecule has 94 valence electrons. The summed E-state index contributed by atoms with van der Waals surface area (Å²) in [6.07, 6.45) is 0.949. The molecule has 1 saturated heterocycles. The molecule has 0 aromatic heterocycles. The minimum absolute atomic E-state index is 0.140. The van der Waals surface area contributed by atoms with Crippen LogP contribution in [0.4, 0.5) is 10.1 Å². The molecular weight excluding hydrogens is 219 g/mol. The third kappa shape index (κ3) is 2.58. The van der Waals surface area contributed by atoms with E-state index in [9.17, 15) is 4.39 Å². The summed E-state index contributed by atoms with van der Waals surface area (Å²) in [6.45, 7) is 3.28. The minimum atomic E-state index is -0.214. The van der Waals surface area contributed by atoms with E-state index in [4.69, 9.17) is 10.5 Å². The first-order chi connectivity index (χ1) is 8.09. The van der Waals surface area contributed by atoms with Crippen LogP contribution in [0, 0.1) is 5.82 Å². The third-order valence-electron chi connectivity index (χ3n) is 3.33. The topological polar surface area (TPSA) is 38.5 Å². The molecule has 0 aliphatic carbocycles. The second-order valence-electron chi connectivity index (χ2n) is 4.63. The Bertz CT molecular complexity index is 389. The molecule has 4 heteroatoms. The van der Waals surface area contributed by atoms with Gasteiger partial charge in [0.15, 0.2) is 0 Å². The number of hydrogen-bond acceptors (Lipinski definition) is 3. The molecule has 1 aliphatic heterocycles. The van der Waals surface area contributed by atoms with Crippen LogP contribution in [0.1, 0.15) is 24.9 Å². The van der Waals surface area contributed by atoms with Crippen LogP contribution in [-0.2, 0) is 4.74 Å². The molecular formula is C13H19FN2O. The first-order valence-corrected chi connectivity index (χ1v) is 5.95. The summed E-state index contributed by atoms with van der Waals surface area (Å²) in [5, 5.41) is 0. The zero-order valence-electron chi connectivity index (χ0n) is 10.3. The summed E-state index contributed by atoms with van der Waals surface area (Å²) in [4.78, 5) is 1.95. The van der Waals surface area contributed by atoms with E-state index in [2.05, 4.69) is 0 Å². The highest BCUT2D eigenvalue weighted by Gasteiger charge is 2.22. The fourth-order valence-corrected chi connectivity index (χ4v) is 2.12. The molecule has 0 bridgehead atoms. The van der Waals surface area contributed by atoms with Crippen molar-refractivity contribution in [1.82, 2.24) is 0 Å². The van der Waals surface area contributed by atoms with Gasteiger partial charge in [0.2, 0.25) is 0 Å². The van der Waals surface area contributed by atoms with Gasteiger partial charge in [-0.25, -0.2) is 4.39 Å². The Kier molecular flexibility index (Phi) is 3.64. The first kappa shape index (κ1) is 12.3. The molecule has 17 heavy (non-hydrogen) atoms. The standard InChI is InChI=1S/C13H19FN2O/c1-9(15)10-3-4-13(12(14)7-10)16(2)11-5-6-17-8-11/h3-4,7,9,11H,5-6,8,15H2,1-2H3/t9-,11?/m1/s1. The van der Waals surface area contributed by atoms with Crippen LogP contribution in [-0.4, -0.2) is 26.3 Å². The van der Waals surface area contributed by atoms with Gasteiger partial charge in [-0.05, 0) is 31.0 Å². The van der Waals surface area contributed by atoms with Crippen LogP contribution < -0.4 is 10.6 Å².